The Hall–Kier alpha value is -0.710. The van der Waals surface area contributed by atoms with Gasteiger partial charge in [-0.25, -0.2) is 0 Å². The molecule has 0 atom stereocenters. The zero-order valence-electron chi connectivity index (χ0n) is 7.49. The number of amides is 1. The van der Waals surface area contributed by atoms with Crippen LogP contribution in [-0.2, 0) is 14.3 Å². The van der Waals surface area contributed by atoms with Crippen LogP contribution < -0.4 is 0 Å². The zero-order chi connectivity index (χ0) is 9.56. The molecule has 0 aromatic heterocycles. The number of hydrogen-bond donors (Lipinski definition) is 0. The van der Waals surface area contributed by atoms with Crippen LogP contribution in [0.5, 0.6) is 0 Å². The second-order valence-electron chi connectivity index (χ2n) is 2.26. The van der Waals surface area contributed by atoms with Crippen LogP contribution in [0.25, 0.3) is 0 Å². The lowest BCUT2D eigenvalue weighted by Crippen LogP contribution is -2.33. The largest absolute Gasteiger partial charge is 0.468 e. The fraction of sp³-hybridized carbons (Fsp3) is 0.714. The topological polar surface area (TPSA) is 46.6 Å². The summed E-state index contributed by atoms with van der Waals surface area (Å²) in [5, 5.41) is 0. The van der Waals surface area contributed by atoms with Crippen molar-refractivity contribution < 1.29 is 14.3 Å². The van der Waals surface area contributed by atoms with Gasteiger partial charge in [0.05, 0.1) is 12.9 Å². The van der Waals surface area contributed by atoms with E-state index in [-0.39, 0.29) is 12.5 Å². The fourth-order valence-corrected chi connectivity index (χ4v) is 1.05. The third-order valence-corrected chi connectivity index (χ3v) is 1.82. The number of methoxy groups -OCH3 is 1. The number of esters is 1. The van der Waals surface area contributed by atoms with E-state index in [0.29, 0.717) is 5.75 Å². The molecule has 5 heteroatoms. The van der Waals surface area contributed by atoms with Gasteiger partial charge in [-0.1, -0.05) is 0 Å². The summed E-state index contributed by atoms with van der Waals surface area (Å²) >= 11 is 1.43. The summed E-state index contributed by atoms with van der Waals surface area (Å²) in [6.07, 6.45) is 1.84. The Morgan fingerprint density at radius 3 is 2.50 bits per heavy atom. The van der Waals surface area contributed by atoms with Crippen molar-refractivity contribution in [2.45, 2.75) is 0 Å². The van der Waals surface area contributed by atoms with Crippen LogP contribution in [0.2, 0.25) is 0 Å². The van der Waals surface area contributed by atoms with Gasteiger partial charge in [0.25, 0.3) is 0 Å². The van der Waals surface area contributed by atoms with E-state index in [0.717, 1.165) is 0 Å². The Balaban J connectivity index is 3.78. The molecule has 0 heterocycles. The van der Waals surface area contributed by atoms with Crippen molar-refractivity contribution in [1.82, 2.24) is 4.90 Å². The maximum Gasteiger partial charge on any atom is 0.325 e. The number of likely N-dealkylation sites (N-methyl/N-ethyl adjacent to an activating group) is 1. The average molecular weight is 191 g/mol. The molecule has 1 amide bonds. The predicted molar refractivity (Wildman–Crippen MR) is 48.0 cm³/mol. The van der Waals surface area contributed by atoms with Gasteiger partial charge in [0.15, 0.2) is 0 Å². The van der Waals surface area contributed by atoms with E-state index in [4.69, 9.17) is 0 Å². The highest BCUT2D eigenvalue weighted by Crippen LogP contribution is 1.95. The lowest BCUT2D eigenvalue weighted by atomic mass is 10.5. The monoisotopic (exact) mass is 191 g/mol. The average Bonchev–Trinajstić information content (AvgIpc) is 2.04. The van der Waals surface area contributed by atoms with Crippen molar-refractivity contribution in [3.63, 3.8) is 0 Å². The smallest absolute Gasteiger partial charge is 0.325 e. The summed E-state index contributed by atoms with van der Waals surface area (Å²) in [7, 11) is 2.88. The minimum absolute atomic E-state index is 0.0237. The Morgan fingerprint density at radius 1 is 1.50 bits per heavy atom. The van der Waals surface area contributed by atoms with Gasteiger partial charge >= 0.3 is 5.97 Å². The van der Waals surface area contributed by atoms with Crippen molar-refractivity contribution in [2.75, 3.05) is 32.7 Å². The predicted octanol–water partition coefficient (Wildman–Crippen LogP) is -0.0192. The third kappa shape index (κ3) is 4.23. The van der Waals surface area contributed by atoms with Gasteiger partial charge in [-0.3, -0.25) is 9.59 Å². The lowest BCUT2D eigenvalue weighted by molar-refractivity contribution is -0.145. The molecule has 0 radical (unpaired) electrons. The van der Waals surface area contributed by atoms with Gasteiger partial charge in [0.1, 0.15) is 6.54 Å². The van der Waals surface area contributed by atoms with E-state index in [1.54, 1.807) is 7.05 Å². The molecule has 0 aliphatic carbocycles. The standard InChI is InChI=1S/C7H13NO3S/c1-8(4-7(10)11-2)6(9)5-12-3/h4-5H2,1-3H3. The van der Waals surface area contributed by atoms with Crippen LogP contribution in [0, 0.1) is 0 Å². The third-order valence-electron chi connectivity index (χ3n) is 1.29. The molecule has 0 N–H and O–H groups in total. The quantitative estimate of drug-likeness (QED) is 0.586. The van der Waals surface area contributed by atoms with Crippen LogP contribution in [0.3, 0.4) is 0 Å². The van der Waals surface area contributed by atoms with Crippen molar-refractivity contribution in [3.05, 3.63) is 0 Å². The molecule has 12 heavy (non-hydrogen) atoms. The number of ether oxygens (including phenoxy) is 1. The van der Waals surface area contributed by atoms with Gasteiger partial charge in [-0.2, -0.15) is 11.8 Å². The summed E-state index contributed by atoms with van der Waals surface area (Å²) in [4.78, 5) is 23.1. The van der Waals surface area contributed by atoms with Crippen molar-refractivity contribution >= 4 is 23.6 Å². The van der Waals surface area contributed by atoms with Crippen molar-refractivity contribution in [2.24, 2.45) is 0 Å². The first kappa shape index (κ1) is 11.3. The first-order valence-electron chi connectivity index (χ1n) is 3.41. The highest BCUT2D eigenvalue weighted by molar-refractivity contribution is 7.99. The van der Waals surface area contributed by atoms with E-state index in [1.807, 2.05) is 6.26 Å². The van der Waals surface area contributed by atoms with Gasteiger partial charge in [0.2, 0.25) is 5.91 Å². The van der Waals surface area contributed by atoms with Crippen LogP contribution in [0.4, 0.5) is 0 Å². The molecule has 70 valence electrons. The van der Waals surface area contributed by atoms with E-state index in [2.05, 4.69) is 4.74 Å². The molecule has 0 saturated heterocycles. The molecular formula is C7H13NO3S. The summed E-state index contributed by atoms with van der Waals surface area (Å²) in [6.45, 7) is 0.0237. The Bertz CT molecular complexity index is 172. The van der Waals surface area contributed by atoms with Crippen molar-refractivity contribution in [3.8, 4) is 0 Å². The molecule has 0 bridgehead atoms. The molecule has 0 aromatic carbocycles. The van der Waals surface area contributed by atoms with Gasteiger partial charge in [0, 0.05) is 7.05 Å². The second kappa shape index (κ2) is 5.88. The number of carbonyl (C=O) groups is 2. The molecule has 0 fully saturated rings. The molecule has 0 aromatic rings. The molecule has 0 aliphatic heterocycles. The first-order valence-corrected chi connectivity index (χ1v) is 4.81. The molecule has 0 spiro atoms. The van der Waals surface area contributed by atoms with Gasteiger partial charge in [-0.15, -0.1) is 0 Å². The molecule has 0 rings (SSSR count). The molecule has 0 unspecified atom stereocenters. The SMILES string of the molecule is COC(=O)CN(C)C(=O)CSC. The number of rotatable bonds is 4. The maximum absolute atomic E-state index is 11.1. The molecule has 0 aliphatic rings. The van der Waals surface area contributed by atoms with E-state index < -0.39 is 5.97 Å². The second-order valence-corrected chi connectivity index (χ2v) is 3.12. The first-order chi connectivity index (χ1) is 5.61. The number of nitrogens with zero attached hydrogens (tertiary/aromatic N) is 1. The highest BCUT2D eigenvalue weighted by Gasteiger charge is 2.11. The van der Waals surface area contributed by atoms with E-state index >= 15 is 0 Å². The summed E-state index contributed by atoms with van der Waals surface area (Å²) < 4.78 is 4.41. The van der Waals surface area contributed by atoms with Crippen LogP contribution in [0.15, 0.2) is 0 Å². The van der Waals surface area contributed by atoms with E-state index in [1.165, 1.54) is 23.8 Å². The zero-order valence-corrected chi connectivity index (χ0v) is 8.31. The maximum atomic E-state index is 11.1. The van der Waals surface area contributed by atoms with Gasteiger partial charge in [-0.05, 0) is 6.26 Å². The summed E-state index contributed by atoms with van der Waals surface area (Å²) in [5.74, 6) is -0.0621. The Labute approximate surface area is 76.2 Å². The number of thioether (sulfide) groups is 1. The normalized spacial score (nSPS) is 9.25. The number of hydrogen-bond acceptors (Lipinski definition) is 4. The lowest BCUT2D eigenvalue weighted by Gasteiger charge is -2.14. The van der Waals surface area contributed by atoms with Crippen LogP contribution in [0.1, 0.15) is 0 Å². The Kier molecular flexibility index (Phi) is 5.53. The molecule has 0 saturated carbocycles. The minimum atomic E-state index is -0.396. The van der Waals surface area contributed by atoms with Crippen molar-refractivity contribution in [1.29, 1.82) is 0 Å². The van der Waals surface area contributed by atoms with Gasteiger partial charge < -0.3 is 9.64 Å². The summed E-state index contributed by atoms with van der Waals surface area (Å²) in [5.41, 5.74) is 0. The van der Waals surface area contributed by atoms with E-state index in [9.17, 15) is 9.59 Å². The van der Waals surface area contributed by atoms with Crippen LogP contribution in [-0.4, -0.2) is 49.5 Å². The molecular weight excluding hydrogens is 178 g/mol. The molecule has 4 nitrogen and oxygen atoms in total. The fourth-order valence-electron chi connectivity index (χ4n) is 0.580. The van der Waals surface area contributed by atoms with Crippen LogP contribution >= 0.6 is 11.8 Å². The minimum Gasteiger partial charge on any atom is -0.468 e. The number of carbonyl (C=O) groups excluding carboxylic acids is 2. The summed E-state index contributed by atoms with van der Waals surface area (Å²) in [6, 6.07) is 0. The Morgan fingerprint density at radius 2 is 2.08 bits per heavy atom. The highest BCUT2D eigenvalue weighted by atomic mass is 32.2.